The minimum Gasteiger partial charge on any atom is -0.508 e. The summed E-state index contributed by atoms with van der Waals surface area (Å²) in [7, 11) is 0. The summed E-state index contributed by atoms with van der Waals surface area (Å²) in [6.07, 6.45) is 0.268. The largest absolute Gasteiger partial charge is 0.508 e. The summed E-state index contributed by atoms with van der Waals surface area (Å²) in [5.74, 6) is 1.05. The summed E-state index contributed by atoms with van der Waals surface area (Å²) < 4.78 is 6.03. The van der Waals surface area contributed by atoms with Crippen molar-refractivity contribution in [2.24, 2.45) is 0 Å². The molecule has 0 saturated carbocycles. The number of hydrogen-bond donors (Lipinski definition) is 2. The molecule has 0 fully saturated rings. The predicted molar refractivity (Wildman–Crippen MR) is 96.8 cm³/mol. The fourth-order valence-electron chi connectivity index (χ4n) is 3.35. The van der Waals surface area contributed by atoms with Gasteiger partial charge in [0.1, 0.15) is 17.3 Å². The van der Waals surface area contributed by atoms with Crippen molar-refractivity contribution in [1.82, 2.24) is 0 Å². The first-order chi connectivity index (χ1) is 12.6. The van der Waals surface area contributed by atoms with Gasteiger partial charge in [-0.25, -0.2) is 0 Å². The van der Waals surface area contributed by atoms with Crippen molar-refractivity contribution in [2.45, 2.75) is 19.3 Å². The number of nitriles is 1. The highest BCUT2D eigenvalue weighted by atomic mass is 16.3. The van der Waals surface area contributed by atoms with Crippen LogP contribution in [0.5, 0.6) is 5.75 Å². The Morgan fingerprint density at radius 3 is 2.85 bits per heavy atom. The molecular formula is C21H16N2O3. The number of phenolic OH excluding ortho intramolecular Hbond substituents is 1. The quantitative estimate of drug-likeness (QED) is 0.725. The highest BCUT2D eigenvalue weighted by Gasteiger charge is 2.30. The molecule has 0 aliphatic carbocycles. The first kappa shape index (κ1) is 16.0. The number of aryl methyl sites for hydroxylation is 1. The summed E-state index contributed by atoms with van der Waals surface area (Å²) in [5, 5.41) is 22.0. The number of carbonyl (C=O) groups is 1. The lowest BCUT2D eigenvalue weighted by molar-refractivity contribution is -0.116. The fraction of sp³-hybridized carbons (Fsp3) is 0.143. The number of fused-ring (bicyclic) bond motifs is 1. The van der Waals surface area contributed by atoms with Gasteiger partial charge in [-0.15, -0.1) is 0 Å². The Balaban J connectivity index is 1.79. The number of benzene rings is 2. The van der Waals surface area contributed by atoms with E-state index in [-0.39, 0.29) is 24.0 Å². The number of carbonyl (C=O) groups excluding carboxylic acids is 1. The molecule has 1 amide bonds. The first-order valence-electron chi connectivity index (χ1n) is 8.29. The second-order valence-corrected chi connectivity index (χ2v) is 6.39. The highest BCUT2D eigenvalue weighted by Crippen LogP contribution is 2.41. The second-order valence-electron chi connectivity index (χ2n) is 6.39. The maximum Gasteiger partial charge on any atom is 0.225 e. The van der Waals surface area contributed by atoms with E-state index in [4.69, 9.17) is 4.42 Å². The second kappa shape index (κ2) is 6.08. The standard InChI is InChI=1S/C21H16N2O3/c1-12-8-15-16(9-21(25)23-17(15)10-18(12)24)20-7-6-19(26-20)14-5-3-2-4-13(14)11-22/h2-8,10,16,24H,9H2,1H3,(H,23,25)/t16-/m1/s1. The topological polar surface area (TPSA) is 86.3 Å². The summed E-state index contributed by atoms with van der Waals surface area (Å²) in [6.45, 7) is 1.82. The fourth-order valence-corrected chi connectivity index (χ4v) is 3.35. The van der Waals surface area contributed by atoms with Gasteiger partial charge in [0.25, 0.3) is 0 Å². The molecule has 5 nitrogen and oxygen atoms in total. The molecule has 4 rings (SSSR count). The molecule has 0 unspecified atom stereocenters. The zero-order chi connectivity index (χ0) is 18.3. The van der Waals surface area contributed by atoms with Crippen LogP contribution >= 0.6 is 0 Å². The lowest BCUT2D eigenvalue weighted by atomic mass is 9.87. The maximum atomic E-state index is 12.1. The number of hydrogen-bond acceptors (Lipinski definition) is 4. The molecule has 1 atom stereocenters. The lowest BCUT2D eigenvalue weighted by Gasteiger charge is -2.25. The average molecular weight is 344 g/mol. The van der Waals surface area contributed by atoms with E-state index >= 15 is 0 Å². The molecule has 2 aromatic carbocycles. The third-order valence-electron chi connectivity index (χ3n) is 4.69. The zero-order valence-electron chi connectivity index (χ0n) is 14.1. The number of rotatable bonds is 2. The van der Waals surface area contributed by atoms with Crippen LogP contribution in [0.1, 0.15) is 34.8 Å². The Kier molecular flexibility index (Phi) is 3.74. The van der Waals surface area contributed by atoms with Crippen molar-refractivity contribution in [2.75, 3.05) is 5.32 Å². The van der Waals surface area contributed by atoms with Crippen LogP contribution in [0, 0.1) is 18.3 Å². The van der Waals surface area contributed by atoms with Crippen LogP contribution in [0.3, 0.4) is 0 Å². The van der Waals surface area contributed by atoms with Gasteiger partial charge >= 0.3 is 0 Å². The van der Waals surface area contributed by atoms with Crippen LogP contribution in [0.4, 0.5) is 5.69 Å². The summed E-state index contributed by atoms with van der Waals surface area (Å²) in [6, 6.07) is 16.5. The molecule has 0 radical (unpaired) electrons. The lowest BCUT2D eigenvalue weighted by Crippen LogP contribution is -2.23. The number of aromatic hydroxyl groups is 1. The molecule has 0 spiro atoms. The Hall–Kier alpha value is -3.52. The average Bonchev–Trinajstić information content (AvgIpc) is 3.12. The number of anilines is 1. The van der Waals surface area contributed by atoms with Crippen molar-refractivity contribution in [3.63, 3.8) is 0 Å². The van der Waals surface area contributed by atoms with Gasteiger partial charge in [-0.2, -0.15) is 5.26 Å². The van der Waals surface area contributed by atoms with Crippen LogP contribution in [0.25, 0.3) is 11.3 Å². The Bertz CT molecular complexity index is 1060. The van der Waals surface area contributed by atoms with Gasteiger partial charge in [-0.1, -0.05) is 12.1 Å². The molecule has 0 bridgehead atoms. The maximum absolute atomic E-state index is 12.1. The van der Waals surface area contributed by atoms with Gasteiger partial charge < -0.3 is 14.8 Å². The van der Waals surface area contributed by atoms with Crippen LogP contribution < -0.4 is 5.32 Å². The molecule has 1 aromatic heterocycles. The molecule has 3 aromatic rings. The molecule has 1 aliphatic rings. The number of nitrogens with zero attached hydrogens (tertiary/aromatic N) is 1. The Morgan fingerprint density at radius 2 is 2.04 bits per heavy atom. The van der Waals surface area contributed by atoms with Crippen LogP contribution in [0.2, 0.25) is 0 Å². The van der Waals surface area contributed by atoms with Gasteiger partial charge in [0, 0.05) is 23.7 Å². The minimum atomic E-state index is -0.235. The van der Waals surface area contributed by atoms with E-state index in [1.807, 2.05) is 43.3 Å². The van der Waals surface area contributed by atoms with E-state index in [9.17, 15) is 15.2 Å². The van der Waals surface area contributed by atoms with Crippen LogP contribution in [-0.2, 0) is 4.79 Å². The molecule has 26 heavy (non-hydrogen) atoms. The number of amides is 1. The normalized spacial score (nSPS) is 15.8. The molecule has 2 heterocycles. The van der Waals surface area contributed by atoms with E-state index in [2.05, 4.69) is 11.4 Å². The van der Waals surface area contributed by atoms with Crippen LogP contribution in [0.15, 0.2) is 52.9 Å². The summed E-state index contributed by atoms with van der Waals surface area (Å²) in [5.41, 5.74) is 3.52. The SMILES string of the molecule is Cc1cc2c(cc1O)NC(=O)C[C@H]2c1ccc(-c2ccccc2C#N)o1. The number of nitrogens with one attached hydrogen (secondary N) is 1. The minimum absolute atomic E-state index is 0.124. The zero-order valence-corrected chi connectivity index (χ0v) is 14.1. The van der Waals surface area contributed by atoms with Gasteiger partial charge in [0.05, 0.1) is 17.6 Å². The van der Waals surface area contributed by atoms with E-state index in [1.165, 1.54) is 0 Å². The predicted octanol–water partition coefficient (Wildman–Crippen LogP) is 4.31. The summed E-state index contributed by atoms with van der Waals surface area (Å²) >= 11 is 0. The Morgan fingerprint density at radius 1 is 1.23 bits per heavy atom. The van der Waals surface area contributed by atoms with Gasteiger partial charge in [-0.05, 0) is 48.4 Å². The third kappa shape index (κ3) is 2.62. The number of furan rings is 1. The first-order valence-corrected chi connectivity index (χ1v) is 8.29. The van der Waals surface area contributed by atoms with Crippen molar-refractivity contribution in [3.8, 4) is 23.1 Å². The van der Waals surface area contributed by atoms with E-state index in [0.29, 0.717) is 22.8 Å². The highest BCUT2D eigenvalue weighted by molar-refractivity contribution is 5.95. The van der Waals surface area contributed by atoms with Crippen molar-refractivity contribution < 1.29 is 14.3 Å². The molecule has 128 valence electrons. The smallest absolute Gasteiger partial charge is 0.225 e. The van der Waals surface area contributed by atoms with Gasteiger partial charge in [0.15, 0.2) is 0 Å². The van der Waals surface area contributed by atoms with Gasteiger partial charge in [-0.3, -0.25) is 4.79 Å². The van der Waals surface area contributed by atoms with Crippen molar-refractivity contribution in [1.29, 1.82) is 5.26 Å². The number of phenols is 1. The molecule has 2 N–H and O–H groups in total. The molecule has 5 heteroatoms. The molecule has 1 aliphatic heterocycles. The van der Waals surface area contributed by atoms with Crippen molar-refractivity contribution >= 4 is 11.6 Å². The molecule has 0 saturated heterocycles. The van der Waals surface area contributed by atoms with Crippen LogP contribution in [-0.4, -0.2) is 11.0 Å². The van der Waals surface area contributed by atoms with E-state index in [1.54, 1.807) is 12.1 Å². The monoisotopic (exact) mass is 344 g/mol. The van der Waals surface area contributed by atoms with Gasteiger partial charge in [0.2, 0.25) is 5.91 Å². The Labute approximate surface area is 150 Å². The summed E-state index contributed by atoms with van der Waals surface area (Å²) in [4.78, 5) is 12.1. The molecular weight excluding hydrogens is 328 g/mol. The van der Waals surface area contributed by atoms with E-state index < -0.39 is 0 Å². The van der Waals surface area contributed by atoms with Crippen molar-refractivity contribution in [3.05, 3.63) is 71.0 Å². The van der Waals surface area contributed by atoms with E-state index in [0.717, 1.165) is 16.7 Å². The third-order valence-corrected chi connectivity index (χ3v) is 4.69.